The molecular formula is C15H18O. The second-order valence-corrected chi connectivity index (χ2v) is 4.79. The maximum Gasteiger partial charge on any atom is 0.124 e. The molecule has 0 saturated carbocycles. The Hall–Kier alpha value is -1.37. The summed E-state index contributed by atoms with van der Waals surface area (Å²) < 4.78 is 0. The largest absolute Gasteiger partial charge is 0.303 e. The van der Waals surface area contributed by atoms with Gasteiger partial charge < -0.3 is 4.79 Å². The summed E-state index contributed by atoms with van der Waals surface area (Å²) in [6, 6.07) is 10.4. The normalized spacial score (nSPS) is 25.6. The third-order valence-electron chi connectivity index (χ3n) is 3.72. The SMILES string of the molecule is CC1=C(C)C[C@@H](c2ccccc2)[C@H](C=O)C1. The number of aldehydes is 1. The molecule has 1 aromatic rings. The topological polar surface area (TPSA) is 17.1 Å². The molecule has 0 aromatic heterocycles. The van der Waals surface area contributed by atoms with Crippen molar-refractivity contribution < 1.29 is 4.79 Å². The van der Waals surface area contributed by atoms with Crippen LogP contribution in [0.25, 0.3) is 0 Å². The average molecular weight is 214 g/mol. The van der Waals surface area contributed by atoms with Crippen LogP contribution in [0.1, 0.15) is 38.2 Å². The lowest BCUT2D eigenvalue weighted by Gasteiger charge is -2.30. The third kappa shape index (κ3) is 2.08. The Morgan fingerprint density at radius 1 is 1.06 bits per heavy atom. The highest BCUT2D eigenvalue weighted by atomic mass is 16.1. The highest BCUT2D eigenvalue weighted by Crippen LogP contribution is 2.39. The van der Waals surface area contributed by atoms with Crippen molar-refractivity contribution in [1.29, 1.82) is 0 Å². The molecule has 0 N–H and O–H groups in total. The van der Waals surface area contributed by atoms with Crippen LogP contribution in [0, 0.1) is 5.92 Å². The van der Waals surface area contributed by atoms with Gasteiger partial charge in [-0.3, -0.25) is 0 Å². The van der Waals surface area contributed by atoms with Crippen molar-refractivity contribution in [2.75, 3.05) is 0 Å². The number of hydrogen-bond donors (Lipinski definition) is 0. The third-order valence-corrected chi connectivity index (χ3v) is 3.72. The van der Waals surface area contributed by atoms with Crippen molar-refractivity contribution in [1.82, 2.24) is 0 Å². The summed E-state index contributed by atoms with van der Waals surface area (Å²) >= 11 is 0. The van der Waals surface area contributed by atoms with Gasteiger partial charge >= 0.3 is 0 Å². The van der Waals surface area contributed by atoms with E-state index in [1.54, 1.807) is 0 Å². The number of allylic oxidation sites excluding steroid dienone is 2. The summed E-state index contributed by atoms with van der Waals surface area (Å²) in [7, 11) is 0. The number of hydrogen-bond acceptors (Lipinski definition) is 1. The number of carbonyl (C=O) groups excluding carboxylic acids is 1. The highest BCUT2D eigenvalue weighted by molar-refractivity contribution is 5.58. The summed E-state index contributed by atoms with van der Waals surface area (Å²) in [6.45, 7) is 4.33. The van der Waals surface area contributed by atoms with Gasteiger partial charge in [0.1, 0.15) is 6.29 Å². The lowest BCUT2D eigenvalue weighted by Crippen LogP contribution is -2.20. The van der Waals surface area contributed by atoms with E-state index < -0.39 is 0 Å². The Kier molecular flexibility index (Phi) is 3.23. The zero-order valence-electron chi connectivity index (χ0n) is 9.94. The van der Waals surface area contributed by atoms with Crippen molar-refractivity contribution in [3.05, 3.63) is 47.0 Å². The molecular weight excluding hydrogens is 196 g/mol. The second-order valence-electron chi connectivity index (χ2n) is 4.79. The van der Waals surface area contributed by atoms with Gasteiger partial charge in [-0.2, -0.15) is 0 Å². The predicted molar refractivity (Wildman–Crippen MR) is 66.3 cm³/mol. The first-order valence-corrected chi connectivity index (χ1v) is 5.88. The molecule has 2 rings (SSSR count). The van der Waals surface area contributed by atoms with Crippen LogP contribution in [0.2, 0.25) is 0 Å². The first kappa shape index (κ1) is 11.1. The summed E-state index contributed by atoms with van der Waals surface area (Å²) in [4.78, 5) is 11.2. The maximum atomic E-state index is 11.2. The molecule has 0 saturated heterocycles. The van der Waals surface area contributed by atoms with Gasteiger partial charge in [0.15, 0.2) is 0 Å². The maximum absolute atomic E-state index is 11.2. The molecule has 0 radical (unpaired) electrons. The first-order valence-electron chi connectivity index (χ1n) is 5.88. The summed E-state index contributed by atoms with van der Waals surface area (Å²) in [5.41, 5.74) is 4.14. The van der Waals surface area contributed by atoms with E-state index in [0.717, 1.165) is 19.1 Å². The van der Waals surface area contributed by atoms with E-state index in [1.165, 1.54) is 16.7 Å². The number of benzene rings is 1. The average Bonchev–Trinajstić information content (AvgIpc) is 2.33. The molecule has 0 fully saturated rings. The Balaban J connectivity index is 2.31. The summed E-state index contributed by atoms with van der Waals surface area (Å²) in [5.74, 6) is 0.536. The van der Waals surface area contributed by atoms with E-state index in [9.17, 15) is 4.79 Å². The predicted octanol–water partition coefficient (Wildman–Crippen LogP) is 3.72. The van der Waals surface area contributed by atoms with Gasteiger partial charge in [-0.05, 0) is 38.2 Å². The lowest BCUT2D eigenvalue weighted by molar-refractivity contribution is -0.111. The molecule has 1 nitrogen and oxygen atoms in total. The van der Waals surface area contributed by atoms with Crippen LogP contribution in [-0.2, 0) is 4.79 Å². The summed E-state index contributed by atoms with van der Waals surface area (Å²) in [5, 5.41) is 0. The Labute approximate surface area is 97.2 Å². The van der Waals surface area contributed by atoms with Crippen LogP contribution in [0.5, 0.6) is 0 Å². The second kappa shape index (κ2) is 4.65. The van der Waals surface area contributed by atoms with E-state index in [2.05, 4.69) is 38.1 Å². The highest BCUT2D eigenvalue weighted by Gasteiger charge is 2.27. The molecule has 16 heavy (non-hydrogen) atoms. The fraction of sp³-hybridized carbons (Fsp3) is 0.400. The molecule has 0 bridgehead atoms. The molecule has 1 aliphatic carbocycles. The van der Waals surface area contributed by atoms with Crippen molar-refractivity contribution in [2.24, 2.45) is 5.92 Å². The van der Waals surface area contributed by atoms with E-state index in [1.807, 2.05) is 6.07 Å². The van der Waals surface area contributed by atoms with Crippen molar-refractivity contribution in [2.45, 2.75) is 32.6 Å². The number of rotatable bonds is 2. The molecule has 0 unspecified atom stereocenters. The molecule has 0 amide bonds. The Morgan fingerprint density at radius 3 is 2.31 bits per heavy atom. The van der Waals surface area contributed by atoms with Gasteiger partial charge in [0.2, 0.25) is 0 Å². The van der Waals surface area contributed by atoms with Crippen molar-refractivity contribution in [3.8, 4) is 0 Å². The zero-order chi connectivity index (χ0) is 11.5. The number of carbonyl (C=O) groups is 1. The van der Waals surface area contributed by atoms with Crippen LogP contribution >= 0.6 is 0 Å². The molecule has 1 aliphatic rings. The Morgan fingerprint density at radius 2 is 1.69 bits per heavy atom. The van der Waals surface area contributed by atoms with Gasteiger partial charge in [-0.15, -0.1) is 0 Å². The fourth-order valence-electron chi connectivity index (χ4n) is 2.53. The zero-order valence-corrected chi connectivity index (χ0v) is 9.94. The van der Waals surface area contributed by atoms with E-state index >= 15 is 0 Å². The van der Waals surface area contributed by atoms with Crippen molar-refractivity contribution >= 4 is 6.29 Å². The minimum atomic E-state index is 0.158. The molecule has 0 heterocycles. The molecule has 84 valence electrons. The van der Waals surface area contributed by atoms with E-state index in [4.69, 9.17) is 0 Å². The molecule has 1 aromatic carbocycles. The van der Waals surface area contributed by atoms with Crippen LogP contribution < -0.4 is 0 Å². The fourth-order valence-corrected chi connectivity index (χ4v) is 2.53. The summed E-state index contributed by atoms with van der Waals surface area (Å²) in [6.07, 6.45) is 3.09. The van der Waals surface area contributed by atoms with Crippen LogP contribution in [0.15, 0.2) is 41.5 Å². The molecule has 0 spiro atoms. The molecule has 2 atom stereocenters. The minimum absolute atomic E-state index is 0.158. The van der Waals surface area contributed by atoms with Crippen LogP contribution in [0.4, 0.5) is 0 Å². The molecule has 1 heteroatoms. The van der Waals surface area contributed by atoms with Crippen molar-refractivity contribution in [3.63, 3.8) is 0 Å². The van der Waals surface area contributed by atoms with Gasteiger partial charge in [0, 0.05) is 5.92 Å². The van der Waals surface area contributed by atoms with Gasteiger partial charge in [-0.25, -0.2) is 0 Å². The van der Waals surface area contributed by atoms with Crippen LogP contribution in [0.3, 0.4) is 0 Å². The van der Waals surface area contributed by atoms with E-state index in [-0.39, 0.29) is 5.92 Å². The lowest BCUT2D eigenvalue weighted by atomic mass is 9.74. The standard InChI is InChI=1S/C15H18O/c1-11-8-14(10-16)15(9-12(11)2)13-6-4-3-5-7-13/h3-7,10,14-15H,8-9H2,1-2H3/t14-,15-/m0/s1. The Bertz CT molecular complexity index is 403. The first-order chi connectivity index (χ1) is 7.72. The monoisotopic (exact) mass is 214 g/mol. The van der Waals surface area contributed by atoms with E-state index in [0.29, 0.717) is 5.92 Å². The van der Waals surface area contributed by atoms with Gasteiger partial charge in [-0.1, -0.05) is 41.5 Å². The minimum Gasteiger partial charge on any atom is -0.303 e. The van der Waals surface area contributed by atoms with Gasteiger partial charge in [0.25, 0.3) is 0 Å². The smallest absolute Gasteiger partial charge is 0.124 e. The quantitative estimate of drug-likeness (QED) is 0.541. The van der Waals surface area contributed by atoms with Gasteiger partial charge in [0.05, 0.1) is 0 Å². The molecule has 0 aliphatic heterocycles. The van der Waals surface area contributed by atoms with Crippen LogP contribution in [-0.4, -0.2) is 6.29 Å².